The first kappa shape index (κ1) is 14.8. The molecule has 0 heterocycles. The van der Waals surface area contributed by atoms with Crippen LogP contribution in [-0.2, 0) is 10.0 Å². The van der Waals surface area contributed by atoms with Gasteiger partial charge in [0.2, 0.25) is 10.0 Å². The summed E-state index contributed by atoms with van der Waals surface area (Å²) in [5, 5.41) is 0. The Morgan fingerprint density at radius 2 is 1.89 bits per heavy atom. The number of ether oxygens (including phenoxy) is 1. The van der Waals surface area contributed by atoms with Crippen molar-refractivity contribution in [3.05, 3.63) is 24.3 Å². The van der Waals surface area contributed by atoms with E-state index in [1.807, 2.05) is 0 Å². The zero-order chi connectivity index (χ0) is 14.0. The highest BCUT2D eigenvalue weighted by molar-refractivity contribution is 7.89. The van der Waals surface area contributed by atoms with Crippen molar-refractivity contribution in [2.24, 2.45) is 0 Å². The van der Waals surface area contributed by atoms with Crippen LogP contribution in [0, 0.1) is 0 Å². The molecule has 0 unspecified atom stereocenters. The Kier molecular flexibility index (Phi) is 4.23. The molecule has 0 bridgehead atoms. The Morgan fingerprint density at radius 3 is 2.39 bits per heavy atom. The fourth-order valence-corrected chi connectivity index (χ4v) is 2.50. The van der Waals surface area contributed by atoms with E-state index in [2.05, 4.69) is 9.46 Å². The summed E-state index contributed by atoms with van der Waals surface area (Å²) in [5.41, 5.74) is 0. The molecular formula is C10H12F3NO3S. The largest absolute Gasteiger partial charge is 0.573 e. The fourth-order valence-electron chi connectivity index (χ4n) is 1.22. The van der Waals surface area contributed by atoms with Crippen LogP contribution in [0.25, 0.3) is 0 Å². The van der Waals surface area contributed by atoms with Gasteiger partial charge < -0.3 is 4.74 Å². The van der Waals surface area contributed by atoms with Gasteiger partial charge in [-0.25, -0.2) is 13.1 Å². The maximum Gasteiger partial charge on any atom is 0.573 e. The molecule has 1 N–H and O–H groups in total. The van der Waals surface area contributed by atoms with Gasteiger partial charge in [-0.15, -0.1) is 13.2 Å². The van der Waals surface area contributed by atoms with E-state index in [-0.39, 0.29) is 10.9 Å². The van der Waals surface area contributed by atoms with Crippen molar-refractivity contribution >= 4 is 10.0 Å². The lowest BCUT2D eigenvalue weighted by molar-refractivity contribution is -0.274. The van der Waals surface area contributed by atoms with Crippen LogP contribution in [0.1, 0.15) is 13.8 Å². The molecule has 0 aromatic heterocycles. The molecule has 0 spiro atoms. The minimum absolute atomic E-state index is 0.280. The molecule has 1 aromatic rings. The molecule has 8 heteroatoms. The van der Waals surface area contributed by atoms with E-state index in [0.717, 1.165) is 12.1 Å². The van der Waals surface area contributed by atoms with E-state index < -0.39 is 22.1 Å². The number of alkyl halides is 3. The Morgan fingerprint density at radius 1 is 1.28 bits per heavy atom. The van der Waals surface area contributed by atoms with Crippen LogP contribution in [0.2, 0.25) is 0 Å². The lowest BCUT2D eigenvalue weighted by Gasteiger charge is -2.12. The molecule has 1 rings (SSSR count). The molecule has 0 amide bonds. The molecule has 0 saturated carbocycles. The van der Waals surface area contributed by atoms with Crippen LogP contribution < -0.4 is 9.46 Å². The van der Waals surface area contributed by atoms with Gasteiger partial charge in [0.15, 0.2) is 0 Å². The predicted molar refractivity (Wildman–Crippen MR) is 58.6 cm³/mol. The van der Waals surface area contributed by atoms with Crippen molar-refractivity contribution in [2.75, 3.05) is 0 Å². The highest BCUT2D eigenvalue weighted by Gasteiger charge is 2.31. The number of halogens is 3. The Labute approximate surface area is 103 Å². The average molecular weight is 283 g/mol. The highest BCUT2D eigenvalue weighted by Crippen LogP contribution is 2.24. The number of sulfonamides is 1. The lowest BCUT2D eigenvalue weighted by atomic mass is 10.3. The summed E-state index contributed by atoms with van der Waals surface area (Å²) in [5.74, 6) is -0.575. The summed E-state index contributed by atoms with van der Waals surface area (Å²) < 4.78 is 65.3. The van der Waals surface area contributed by atoms with E-state index in [0.29, 0.717) is 0 Å². The van der Waals surface area contributed by atoms with Crippen LogP contribution in [0.15, 0.2) is 29.2 Å². The van der Waals surface area contributed by atoms with Crippen molar-refractivity contribution in [3.8, 4) is 5.75 Å². The van der Waals surface area contributed by atoms with Gasteiger partial charge in [0, 0.05) is 12.1 Å². The van der Waals surface area contributed by atoms with E-state index in [1.165, 1.54) is 12.1 Å². The van der Waals surface area contributed by atoms with Crippen LogP contribution in [0.4, 0.5) is 13.2 Å². The molecule has 0 saturated heterocycles. The van der Waals surface area contributed by atoms with Gasteiger partial charge in [-0.1, -0.05) is 6.07 Å². The summed E-state index contributed by atoms with van der Waals surface area (Å²) in [6.45, 7) is 3.21. The summed E-state index contributed by atoms with van der Waals surface area (Å²) in [6, 6.07) is 3.85. The van der Waals surface area contributed by atoms with Gasteiger partial charge in [-0.2, -0.15) is 0 Å². The SMILES string of the molecule is CC(C)NS(=O)(=O)c1cccc(OC(F)(F)F)c1. The van der Waals surface area contributed by atoms with Crippen molar-refractivity contribution < 1.29 is 26.3 Å². The second kappa shape index (κ2) is 5.15. The first-order chi connectivity index (χ1) is 8.10. The van der Waals surface area contributed by atoms with E-state index in [4.69, 9.17) is 0 Å². The molecule has 0 fully saturated rings. The maximum absolute atomic E-state index is 12.0. The topological polar surface area (TPSA) is 55.4 Å². The zero-order valence-corrected chi connectivity index (χ0v) is 10.5. The van der Waals surface area contributed by atoms with Gasteiger partial charge in [0.05, 0.1) is 4.90 Å². The number of nitrogens with one attached hydrogen (secondary N) is 1. The molecule has 0 aliphatic rings. The van der Waals surface area contributed by atoms with Crippen molar-refractivity contribution in [1.82, 2.24) is 4.72 Å². The lowest BCUT2D eigenvalue weighted by Crippen LogP contribution is -2.30. The van der Waals surface area contributed by atoms with Crippen LogP contribution in [0.3, 0.4) is 0 Å². The molecule has 4 nitrogen and oxygen atoms in total. The number of benzene rings is 1. The Bertz CT molecular complexity index is 511. The highest BCUT2D eigenvalue weighted by atomic mass is 32.2. The molecule has 102 valence electrons. The maximum atomic E-state index is 12.0. The normalized spacial score (nSPS) is 12.8. The minimum Gasteiger partial charge on any atom is -0.406 e. The number of hydrogen-bond acceptors (Lipinski definition) is 3. The zero-order valence-electron chi connectivity index (χ0n) is 9.65. The van der Waals surface area contributed by atoms with Crippen molar-refractivity contribution in [1.29, 1.82) is 0 Å². The first-order valence-corrected chi connectivity index (χ1v) is 6.46. The summed E-state index contributed by atoms with van der Waals surface area (Å²) in [7, 11) is -3.83. The molecule has 0 atom stereocenters. The molecule has 0 radical (unpaired) electrons. The van der Waals surface area contributed by atoms with E-state index in [1.54, 1.807) is 13.8 Å². The molecule has 1 aromatic carbocycles. The van der Waals surface area contributed by atoms with E-state index >= 15 is 0 Å². The van der Waals surface area contributed by atoms with Gasteiger partial charge in [-0.3, -0.25) is 0 Å². The van der Waals surface area contributed by atoms with Gasteiger partial charge in [0.25, 0.3) is 0 Å². The average Bonchev–Trinajstić information content (AvgIpc) is 2.13. The number of hydrogen-bond donors (Lipinski definition) is 1. The molecular weight excluding hydrogens is 271 g/mol. The van der Waals surface area contributed by atoms with Gasteiger partial charge in [0.1, 0.15) is 5.75 Å². The van der Waals surface area contributed by atoms with Crippen molar-refractivity contribution in [3.63, 3.8) is 0 Å². The fraction of sp³-hybridized carbons (Fsp3) is 0.400. The van der Waals surface area contributed by atoms with E-state index in [9.17, 15) is 21.6 Å². The summed E-state index contributed by atoms with van der Waals surface area (Å²) >= 11 is 0. The van der Waals surface area contributed by atoms with Crippen LogP contribution in [0.5, 0.6) is 5.75 Å². The van der Waals surface area contributed by atoms with Gasteiger partial charge >= 0.3 is 6.36 Å². The Balaban J connectivity index is 3.02. The summed E-state index contributed by atoms with van der Waals surface area (Å²) in [4.78, 5) is -0.280. The van der Waals surface area contributed by atoms with Crippen LogP contribution >= 0.6 is 0 Å². The van der Waals surface area contributed by atoms with Crippen molar-refractivity contribution in [2.45, 2.75) is 31.1 Å². The third kappa shape index (κ3) is 4.53. The number of rotatable bonds is 4. The predicted octanol–water partition coefficient (Wildman–Crippen LogP) is 2.27. The smallest absolute Gasteiger partial charge is 0.406 e. The van der Waals surface area contributed by atoms with Gasteiger partial charge in [-0.05, 0) is 26.0 Å². The van der Waals surface area contributed by atoms with Crippen LogP contribution in [-0.4, -0.2) is 20.8 Å². The second-order valence-corrected chi connectivity index (χ2v) is 5.51. The molecule has 0 aliphatic carbocycles. The molecule has 18 heavy (non-hydrogen) atoms. The third-order valence-electron chi connectivity index (χ3n) is 1.74. The standard InChI is InChI=1S/C10H12F3NO3S/c1-7(2)14-18(15,16)9-5-3-4-8(6-9)17-10(11,12)13/h3-7,14H,1-2H3. The molecule has 0 aliphatic heterocycles. The monoisotopic (exact) mass is 283 g/mol. The second-order valence-electron chi connectivity index (χ2n) is 3.80. The minimum atomic E-state index is -4.85. The summed E-state index contributed by atoms with van der Waals surface area (Å²) in [6.07, 6.45) is -4.85. The quantitative estimate of drug-likeness (QED) is 0.922. The first-order valence-electron chi connectivity index (χ1n) is 4.98. The Hall–Kier alpha value is -1.28. The third-order valence-corrected chi connectivity index (χ3v) is 3.40.